The molecule has 0 saturated carbocycles. The number of para-hydroxylation sites is 1. The van der Waals surface area contributed by atoms with Crippen molar-refractivity contribution in [1.29, 1.82) is 0 Å². The van der Waals surface area contributed by atoms with E-state index in [1.165, 1.54) is 0 Å². The predicted molar refractivity (Wildman–Crippen MR) is 81.3 cm³/mol. The van der Waals surface area contributed by atoms with Crippen LogP contribution in [0.5, 0.6) is 5.75 Å². The Labute approximate surface area is 122 Å². The van der Waals surface area contributed by atoms with Gasteiger partial charge in [-0.1, -0.05) is 31.5 Å². The SMILES string of the molecule is CCCCOCCNCC(O)COc1ccccc1C. The molecule has 0 saturated heterocycles. The molecule has 1 aromatic rings. The zero-order valence-corrected chi connectivity index (χ0v) is 12.6. The highest BCUT2D eigenvalue weighted by Gasteiger charge is 2.05. The fourth-order valence-corrected chi connectivity index (χ4v) is 1.72. The minimum absolute atomic E-state index is 0.300. The summed E-state index contributed by atoms with van der Waals surface area (Å²) in [4.78, 5) is 0. The van der Waals surface area contributed by atoms with E-state index in [4.69, 9.17) is 9.47 Å². The quantitative estimate of drug-likeness (QED) is 0.610. The van der Waals surface area contributed by atoms with Crippen molar-refractivity contribution in [1.82, 2.24) is 5.32 Å². The van der Waals surface area contributed by atoms with Crippen LogP contribution in [0, 0.1) is 6.92 Å². The van der Waals surface area contributed by atoms with E-state index in [0.717, 1.165) is 37.3 Å². The molecular formula is C16H27NO3. The third-order valence-corrected chi connectivity index (χ3v) is 2.97. The van der Waals surface area contributed by atoms with Crippen molar-refractivity contribution in [2.75, 3.05) is 32.9 Å². The molecule has 0 aliphatic carbocycles. The molecule has 1 aromatic carbocycles. The van der Waals surface area contributed by atoms with E-state index >= 15 is 0 Å². The average Bonchev–Trinajstić information content (AvgIpc) is 2.45. The van der Waals surface area contributed by atoms with Crippen molar-refractivity contribution in [2.45, 2.75) is 32.8 Å². The first-order valence-electron chi connectivity index (χ1n) is 7.39. The van der Waals surface area contributed by atoms with Crippen LogP contribution in [0.25, 0.3) is 0 Å². The first-order chi connectivity index (χ1) is 9.74. The molecule has 1 unspecified atom stereocenters. The molecule has 4 nitrogen and oxygen atoms in total. The number of aliphatic hydroxyl groups excluding tert-OH is 1. The summed E-state index contributed by atoms with van der Waals surface area (Å²) in [5.41, 5.74) is 1.08. The van der Waals surface area contributed by atoms with Crippen LogP contribution in [0.1, 0.15) is 25.3 Å². The van der Waals surface area contributed by atoms with E-state index in [0.29, 0.717) is 19.8 Å². The molecule has 1 atom stereocenters. The van der Waals surface area contributed by atoms with Gasteiger partial charge in [-0.3, -0.25) is 0 Å². The number of unbranched alkanes of at least 4 members (excludes halogenated alkanes) is 1. The number of rotatable bonds is 11. The minimum atomic E-state index is -0.509. The molecule has 0 amide bonds. The third-order valence-electron chi connectivity index (χ3n) is 2.97. The molecule has 0 aliphatic heterocycles. The highest BCUT2D eigenvalue weighted by atomic mass is 16.5. The first-order valence-corrected chi connectivity index (χ1v) is 7.39. The number of benzene rings is 1. The molecule has 0 aromatic heterocycles. The van der Waals surface area contributed by atoms with Gasteiger partial charge in [0.05, 0.1) is 6.61 Å². The highest BCUT2D eigenvalue weighted by Crippen LogP contribution is 2.16. The summed E-state index contributed by atoms with van der Waals surface area (Å²) >= 11 is 0. The summed E-state index contributed by atoms with van der Waals surface area (Å²) in [6.07, 6.45) is 1.75. The molecule has 114 valence electrons. The van der Waals surface area contributed by atoms with Gasteiger partial charge in [-0.2, -0.15) is 0 Å². The maximum atomic E-state index is 9.81. The standard InChI is InChI=1S/C16H27NO3/c1-3-4-10-19-11-9-17-12-15(18)13-20-16-8-6-5-7-14(16)2/h5-8,15,17-18H,3-4,9-13H2,1-2H3. The largest absolute Gasteiger partial charge is 0.491 e. The topological polar surface area (TPSA) is 50.7 Å². The highest BCUT2D eigenvalue weighted by molar-refractivity contribution is 5.31. The van der Waals surface area contributed by atoms with Crippen LogP contribution in [-0.4, -0.2) is 44.1 Å². The summed E-state index contributed by atoms with van der Waals surface area (Å²) in [5, 5.41) is 13.0. The number of nitrogens with one attached hydrogen (secondary N) is 1. The second-order valence-electron chi connectivity index (χ2n) is 4.90. The molecule has 1 rings (SSSR count). The van der Waals surface area contributed by atoms with E-state index < -0.39 is 6.10 Å². The summed E-state index contributed by atoms with van der Waals surface area (Å²) in [7, 11) is 0. The van der Waals surface area contributed by atoms with Gasteiger partial charge in [0.15, 0.2) is 0 Å². The Morgan fingerprint density at radius 3 is 2.80 bits per heavy atom. The van der Waals surface area contributed by atoms with Gasteiger partial charge in [0.25, 0.3) is 0 Å². The van der Waals surface area contributed by atoms with Crippen LogP contribution in [0.15, 0.2) is 24.3 Å². The summed E-state index contributed by atoms with van der Waals surface area (Å²) in [6.45, 7) is 7.21. The van der Waals surface area contributed by atoms with Crippen molar-refractivity contribution in [3.63, 3.8) is 0 Å². The second kappa shape index (κ2) is 10.7. The fraction of sp³-hybridized carbons (Fsp3) is 0.625. The van der Waals surface area contributed by atoms with Gasteiger partial charge < -0.3 is 19.9 Å². The summed E-state index contributed by atoms with van der Waals surface area (Å²) in [5.74, 6) is 0.828. The lowest BCUT2D eigenvalue weighted by Crippen LogP contribution is -2.33. The van der Waals surface area contributed by atoms with Crippen LogP contribution in [0.4, 0.5) is 0 Å². The smallest absolute Gasteiger partial charge is 0.122 e. The average molecular weight is 281 g/mol. The molecule has 4 heteroatoms. The van der Waals surface area contributed by atoms with E-state index in [-0.39, 0.29) is 0 Å². The van der Waals surface area contributed by atoms with Gasteiger partial charge in [-0.05, 0) is 25.0 Å². The van der Waals surface area contributed by atoms with Gasteiger partial charge in [-0.25, -0.2) is 0 Å². The maximum Gasteiger partial charge on any atom is 0.122 e. The van der Waals surface area contributed by atoms with E-state index in [1.807, 2.05) is 31.2 Å². The van der Waals surface area contributed by atoms with Gasteiger partial charge in [0.2, 0.25) is 0 Å². The van der Waals surface area contributed by atoms with Crippen molar-refractivity contribution < 1.29 is 14.6 Å². The molecule has 0 radical (unpaired) electrons. The zero-order valence-electron chi connectivity index (χ0n) is 12.6. The number of aryl methyl sites for hydroxylation is 1. The molecule has 0 aliphatic rings. The fourth-order valence-electron chi connectivity index (χ4n) is 1.72. The van der Waals surface area contributed by atoms with Crippen molar-refractivity contribution in [2.24, 2.45) is 0 Å². The van der Waals surface area contributed by atoms with Gasteiger partial charge in [0.1, 0.15) is 18.5 Å². The molecule has 0 spiro atoms. The Morgan fingerprint density at radius 2 is 2.05 bits per heavy atom. The summed E-state index contributed by atoms with van der Waals surface area (Å²) in [6, 6.07) is 7.81. The Kier molecular flexibility index (Phi) is 9.04. The van der Waals surface area contributed by atoms with Gasteiger partial charge >= 0.3 is 0 Å². The molecule has 0 heterocycles. The Balaban J connectivity index is 2.03. The number of aliphatic hydroxyl groups is 1. The molecule has 0 fully saturated rings. The lowest BCUT2D eigenvalue weighted by molar-refractivity contribution is 0.0979. The van der Waals surface area contributed by atoms with Crippen molar-refractivity contribution in [3.8, 4) is 5.75 Å². The predicted octanol–water partition coefficient (Wildman–Crippen LogP) is 2.14. The Bertz CT molecular complexity index is 357. The minimum Gasteiger partial charge on any atom is -0.491 e. The molecule has 20 heavy (non-hydrogen) atoms. The zero-order chi connectivity index (χ0) is 14.6. The normalized spacial score (nSPS) is 12.3. The lowest BCUT2D eigenvalue weighted by Gasteiger charge is -2.14. The lowest BCUT2D eigenvalue weighted by atomic mass is 10.2. The maximum absolute atomic E-state index is 9.81. The summed E-state index contributed by atoms with van der Waals surface area (Å²) < 4.78 is 11.0. The van der Waals surface area contributed by atoms with Crippen LogP contribution >= 0.6 is 0 Å². The number of hydrogen-bond donors (Lipinski definition) is 2. The van der Waals surface area contributed by atoms with Crippen LogP contribution < -0.4 is 10.1 Å². The first kappa shape index (κ1) is 17.0. The second-order valence-corrected chi connectivity index (χ2v) is 4.90. The van der Waals surface area contributed by atoms with E-state index in [1.54, 1.807) is 0 Å². The molecule has 0 bridgehead atoms. The van der Waals surface area contributed by atoms with Crippen molar-refractivity contribution in [3.05, 3.63) is 29.8 Å². The Hall–Kier alpha value is -1.10. The monoisotopic (exact) mass is 281 g/mol. The Morgan fingerprint density at radius 1 is 1.25 bits per heavy atom. The molecule has 2 N–H and O–H groups in total. The van der Waals surface area contributed by atoms with E-state index in [2.05, 4.69) is 12.2 Å². The number of ether oxygens (including phenoxy) is 2. The van der Waals surface area contributed by atoms with Gasteiger partial charge in [0, 0.05) is 19.7 Å². The van der Waals surface area contributed by atoms with Crippen LogP contribution in [0.2, 0.25) is 0 Å². The molecular weight excluding hydrogens is 254 g/mol. The number of hydrogen-bond acceptors (Lipinski definition) is 4. The van der Waals surface area contributed by atoms with Gasteiger partial charge in [-0.15, -0.1) is 0 Å². The van der Waals surface area contributed by atoms with Crippen molar-refractivity contribution >= 4 is 0 Å². The van der Waals surface area contributed by atoms with E-state index in [9.17, 15) is 5.11 Å². The van der Waals surface area contributed by atoms with Crippen LogP contribution in [0.3, 0.4) is 0 Å². The third kappa shape index (κ3) is 7.48. The van der Waals surface area contributed by atoms with Crippen LogP contribution in [-0.2, 0) is 4.74 Å².